The topological polar surface area (TPSA) is 110 Å². The van der Waals surface area contributed by atoms with Crippen molar-refractivity contribution in [3.63, 3.8) is 0 Å². The Morgan fingerprint density at radius 1 is 0.816 bits per heavy atom. The molecule has 0 bridgehead atoms. The average molecular weight is 524 g/mol. The van der Waals surface area contributed by atoms with Gasteiger partial charge in [0.25, 0.3) is 0 Å². The molecule has 4 N–H and O–H groups in total. The largest absolute Gasteiger partial charge is 0.491 e. The van der Waals surface area contributed by atoms with E-state index in [2.05, 4.69) is 16.0 Å². The van der Waals surface area contributed by atoms with Crippen molar-refractivity contribution in [1.29, 1.82) is 0 Å². The molecule has 1 unspecified atom stereocenters. The normalized spacial score (nSPS) is 11.4. The van der Waals surface area contributed by atoms with E-state index in [-0.39, 0.29) is 12.6 Å². The number of hydrogen-bond donors (Lipinski definition) is 4. The molecule has 0 radical (unpaired) electrons. The minimum absolute atomic E-state index is 0.149. The van der Waals surface area contributed by atoms with E-state index in [9.17, 15) is 9.90 Å². The molecule has 3 rings (SSSR count). The van der Waals surface area contributed by atoms with Gasteiger partial charge >= 0.3 is 6.03 Å². The third-order valence-electron chi connectivity index (χ3n) is 5.29. The summed E-state index contributed by atoms with van der Waals surface area (Å²) < 4.78 is 22.2. The number of nitrogens with one attached hydrogen (secondary N) is 3. The number of anilines is 1. The van der Waals surface area contributed by atoms with Crippen LogP contribution < -0.4 is 30.2 Å². The van der Waals surface area contributed by atoms with Crippen LogP contribution in [0.4, 0.5) is 10.5 Å². The summed E-state index contributed by atoms with van der Waals surface area (Å²) in [6.07, 6.45) is -0.687. The van der Waals surface area contributed by atoms with Gasteiger partial charge in [-0.2, -0.15) is 0 Å². The van der Waals surface area contributed by atoms with Gasteiger partial charge in [-0.25, -0.2) is 4.79 Å². The molecule has 0 heterocycles. The number of aliphatic hydroxyl groups excluding tert-OH is 1. The van der Waals surface area contributed by atoms with Gasteiger partial charge in [0.05, 0.1) is 6.61 Å². The third-order valence-corrected chi connectivity index (χ3v) is 5.29. The summed E-state index contributed by atoms with van der Waals surface area (Å²) in [5.74, 6) is 2.11. The van der Waals surface area contributed by atoms with Crippen LogP contribution in [0.25, 0.3) is 0 Å². The summed E-state index contributed by atoms with van der Waals surface area (Å²) in [7, 11) is 0. The molecule has 9 nitrogen and oxygen atoms in total. The van der Waals surface area contributed by atoms with Gasteiger partial charge in [-0.15, -0.1) is 0 Å². The molecular weight excluding hydrogens is 486 g/mol. The summed E-state index contributed by atoms with van der Waals surface area (Å²) in [4.78, 5) is 12.1. The predicted octanol–water partition coefficient (Wildman–Crippen LogP) is 3.83. The fourth-order valence-electron chi connectivity index (χ4n) is 3.33. The van der Waals surface area contributed by atoms with Gasteiger partial charge in [0.15, 0.2) is 0 Å². The van der Waals surface area contributed by atoms with E-state index in [4.69, 9.17) is 18.9 Å². The molecule has 38 heavy (non-hydrogen) atoms. The first kappa shape index (κ1) is 28.8. The zero-order chi connectivity index (χ0) is 26.8. The number of ether oxygens (including phenoxy) is 4. The number of rotatable bonds is 17. The number of carbonyl (C=O) groups is 1. The van der Waals surface area contributed by atoms with Crippen LogP contribution in [0, 0.1) is 0 Å². The molecular formula is C29H37N3O6. The van der Waals surface area contributed by atoms with E-state index in [1.165, 1.54) is 0 Å². The van der Waals surface area contributed by atoms with Crippen LogP contribution in [0.15, 0.2) is 78.9 Å². The molecule has 0 saturated carbocycles. The maximum absolute atomic E-state index is 12.1. The van der Waals surface area contributed by atoms with Crippen LogP contribution in [0.5, 0.6) is 17.2 Å². The van der Waals surface area contributed by atoms with Crippen molar-refractivity contribution in [2.45, 2.75) is 19.6 Å². The van der Waals surface area contributed by atoms with Crippen molar-refractivity contribution in [2.24, 2.45) is 0 Å². The van der Waals surface area contributed by atoms with Crippen LogP contribution in [-0.4, -0.2) is 63.3 Å². The molecule has 204 valence electrons. The van der Waals surface area contributed by atoms with Gasteiger partial charge in [-0.3, -0.25) is 0 Å². The summed E-state index contributed by atoms with van der Waals surface area (Å²) >= 11 is 0. The fraction of sp³-hybridized carbons (Fsp3) is 0.345. The maximum Gasteiger partial charge on any atom is 0.319 e. The van der Waals surface area contributed by atoms with Gasteiger partial charge < -0.3 is 40.0 Å². The van der Waals surface area contributed by atoms with Crippen molar-refractivity contribution < 1.29 is 28.8 Å². The number of aliphatic hydroxyl groups is 1. The Kier molecular flexibility index (Phi) is 12.8. The number of amides is 2. The third kappa shape index (κ3) is 11.5. The summed E-state index contributed by atoms with van der Waals surface area (Å²) in [6, 6.07) is 24.1. The zero-order valence-electron chi connectivity index (χ0n) is 21.7. The molecule has 0 aromatic heterocycles. The Balaban J connectivity index is 1.22. The van der Waals surface area contributed by atoms with Crippen molar-refractivity contribution in [1.82, 2.24) is 10.6 Å². The predicted molar refractivity (Wildman–Crippen MR) is 147 cm³/mol. The van der Waals surface area contributed by atoms with Gasteiger partial charge in [-0.05, 0) is 61.0 Å². The van der Waals surface area contributed by atoms with Crippen LogP contribution in [0.1, 0.15) is 12.5 Å². The Hall–Kier alpha value is -3.79. The summed E-state index contributed by atoms with van der Waals surface area (Å²) in [5, 5.41) is 18.8. The fourth-order valence-corrected chi connectivity index (χ4v) is 3.33. The van der Waals surface area contributed by atoms with Crippen molar-refractivity contribution in [2.75, 3.05) is 51.4 Å². The smallest absolute Gasteiger partial charge is 0.319 e. The zero-order valence-corrected chi connectivity index (χ0v) is 21.7. The number of urea groups is 1. The molecule has 0 aliphatic rings. The molecule has 3 aromatic rings. The summed E-state index contributed by atoms with van der Waals surface area (Å²) in [6.45, 7) is 5.54. The Labute approximate surface area is 224 Å². The average Bonchev–Trinajstić information content (AvgIpc) is 2.95. The Morgan fingerprint density at radius 3 is 2.18 bits per heavy atom. The molecule has 0 fully saturated rings. The molecule has 0 aliphatic heterocycles. The minimum atomic E-state index is -0.687. The lowest BCUT2D eigenvalue weighted by molar-refractivity contribution is 0.106. The molecule has 3 aromatic carbocycles. The first-order valence-electron chi connectivity index (χ1n) is 12.8. The van der Waals surface area contributed by atoms with Gasteiger partial charge in [0.2, 0.25) is 0 Å². The number of carbonyl (C=O) groups excluding carboxylic acids is 1. The van der Waals surface area contributed by atoms with E-state index in [0.29, 0.717) is 57.5 Å². The standard InChI is InChI=1S/C29H37N3O6/c1-2-35-18-19-36-26-12-14-28(15-13-26)38-22-25(33)20-30-16-17-31-29(34)32-24-8-10-27(11-9-24)37-21-23-6-4-3-5-7-23/h3-15,25,30,33H,2,16-22H2,1H3,(H2,31,32,34). The SMILES string of the molecule is CCOCCOc1ccc(OCC(O)CNCCNC(=O)Nc2ccc(OCc3ccccc3)cc2)cc1. The Morgan fingerprint density at radius 2 is 1.47 bits per heavy atom. The Bertz CT molecular complexity index is 1050. The highest BCUT2D eigenvalue weighted by atomic mass is 16.5. The van der Waals surface area contributed by atoms with E-state index in [1.807, 2.05) is 61.5 Å². The highest BCUT2D eigenvalue weighted by Gasteiger charge is 2.06. The van der Waals surface area contributed by atoms with E-state index in [1.54, 1.807) is 24.3 Å². The highest BCUT2D eigenvalue weighted by molar-refractivity contribution is 5.89. The van der Waals surface area contributed by atoms with Crippen LogP contribution in [0.2, 0.25) is 0 Å². The second kappa shape index (κ2) is 16.9. The van der Waals surface area contributed by atoms with Crippen molar-refractivity contribution in [3.8, 4) is 17.2 Å². The quantitative estimate of drug-likeness (QED) is 0.199. The second-order valence-electron chi connectivity index (χ2n) is 8.37. The van der Waals surface area contributed by atoms with E-state index in [0.717, 1.165) is 17.1 Å². The first-order valence-corrected chi connectivity index (χ1v) is 12.8. The van der Waals surface area contributed by atoms with Gasteiger partial charge in [0.1, 0.15) is 43.2 Å². The first-order chi connectivity index (χ1) is 18.6. The lowest BCUT2D eigenvalue weighted by Crippen LogP contribution is -2.38. The second-order valence-corrected chi connectivity index (χ2v) is 8.37. The van der Waals surface area contributed by atoms with Crippen LogP contribution in [-0.2, 0) is 11.3 Å². The van der Waals surface area contributed by atoms with Crippen molar-refractivity contribution in [3.05, 3.63) is 84.4 Å². The number of benzene rings is 3. The van der Waals surface area contributed by atoms with Gasteiger partial charge in [-0.1, -0.05) is 30.3 Å². The minimum Gasteiger partial charge on any atom is -0.491 e. The molecule has 2 amide bonds. The van der Waals surface area contributed by atoms with E-state index < -0.39 is 6.10 Å². The monoisotopic (exact) mass is 523 g/mol. The number of hydrogen-bond acceptors (Lipinski definition) is 7. The molecule has 9 heteroatoms. The van der Waals surface area contributed by atoms with Gasteiger partial charge in [0, 0.05) is 31.9 Å². The van der Waals surface area contributed by atoms with E-state index >= 15 is 0 Å². The summed E-state index contributed by atoms with van der Waals surface area (Å²) in [5.41, 5.74) is 1.76. The molecule has 0 saturated heterocycles. The van der Waals surface area contributed by atoms with Crippen LogP contribution >= 0.6 is 0 Å². The lowest BCUT2D eigenvalue weighted by Gasteiger charge is -2.14. The molecule has 0 spiro atoms. The maximum atomic E-state index is 12.1. The van der Waals surface area contributed by atoms with Crippen LogP contribution in [0.3, 0.4) is 0 Å². The highest BCUT2D eigenvalue weighted by Crippen LogP contribution is 2.18. The van der Waals surface area contributed by atoms with Crippen molar-refractivity contribution >= 4 is 11.7 Å². The molecule has 1 atom stereocenters. The molecule has 0 aliphatic carbocycles. The lowest BCUT2D eigenvalue weighted by atomic mass is 10.2.